The Morgan fingerprint density at radius 1 is 1.14 bits per heavy atom. The molecular formula is C17H20N2O3. The highest BCUT2D eigenvalue weighted by Crippen LogP contribution is 2.16. The summed E-state index contributed by atoms with van der Waals surface area (Å²) in [6.07, 6.45) is 0. The van der Waals surface area contributed by atoms with Crippen LogP contribution >= 0.6 is 0 Å². The number of amides is 2. The van der Waals surface area contributed by atoms with Crippen LogP contribution in [0.15, 0.2) is 34.7 Å². The molecule has 0 aliphatic carbocycles. The van der Waals surface area contributed by atoms with E-state index in [1.54, 1.807) is 26.1 Å². The molecule has 0 saturated heterocycles. The Morgan fingerprint density at radius 3 is 2.50 bits per heavy atom. The number of carbonyl (C=O) groups excluding carboxylic acids is 2. The van der Waals surface area contributed by atoms with Gasteiger partial charge in [-0.15, -0.1) is 0 Å². The number of hydrogen-bond acceptors (Lipinski definition) is 3. The molecular weight excluding hydrogens is 280 g/mol. The van der Waals surface area contributed by atoms with Crippen LogP contribution in [0.2, 0.25) is 0 Å². The molecule has 2 rings (SSSR count). The standard InChI is InChI=1S/C17H20N2O3/c1-11-5-6-12(2)14(9-11)18-16(20)10-19(4)17(21)15-8-7-13(3)22-15/h5-9H,10H2,1-4H3,(H,18,20). The minimum absolute atomic E-state index is 0.0358. The number of nitrogens with one attached hydrogen (secondary N) is 1. The molecule has 2 aromatic rings. The maximum absolute atomic E-state index is 12.1. The number of nitrogens with zero attached hydrogens (tertiary/aromatic N) is 1. The molecule has 0 bridgehead atoms. The van der Waals surface area contributed by atoms with E-state index >= 15 is 0 Å². The van der Waals surface area contributed by atoms with Gasteiger partial charge in [0.15, 0.2) is 5.76 Å². The van der Waals surface area contributed by atoms with Crippen molar-refractivity contribution in [1.82, 2.24) is 4.90 Å². The van der Waals surface area contributed by atoms with E-state index < -0.39 is 0 Å². The van der Waals surface area contributed by atoms with Crippen molar-refractivity contribution in [3.05, 3.63) is 53.0 Å². The number of anilines is 1. The quantitative estimate of drug-likeness (QED) is 0.944. The van der Waals surface area contributed by atoms with E-state index in [0.29, 0.717) is 5.76 Å². The predicted molar refractivity (Wildman–Crippen MR) is 85.0 cm³/mol. The van der Waals surface area contributed by atoms with Crippen molar-refractivity contribution in [2.24, 2.45) is 0 Å². The zero-order valence-corrected chi connectivity index (χ0v) is 13.3. The number of aryl methyl sites for hydroxylation is 3. The number of rotatable bonds is 4. The summed E-state index contributed by atoms with van der Waals surface area (Å²) in [5, 5.41) is 2.83. The summed E-state index contributed by atoms with van der Waals surface area (Å²) in [5.74, 6) is 0.341. The van der Waals surface area contributed by atoms with Crippen molar-refractivity contribution in [2.45, 2.75) is 20.8 Å². The van der Waals surface area contributed by atoms with Crippen molar-refractivity contribution in [3.8, 4) is 0 Å². The molecule has 116 valence electrons. The Balaban J connectivity index is 1.99. The van der Waals surface area contributed by atoms with Crippen LogP contribution in [-0.2, 0) is 4.79 Å². The number of hydrogen-bond donors (Lipinski definition) is 1. The minimum atomic E-state index is -0.316. The molecule has 0 radical (unpaired) electrons. The van der Waals surface area contributed by atoms with Gasteiger partial charge in [0, 0.05) is 12.7 Å². The molecule has 0 aliphatic heterocycles. The lowest BCUT2D eigenvalue weighted by molar-refractivity contribution is -0.116. The highest BCUT2D eigenvalue weighted by atomic mass is 16.3. The third-order valence-corrected chi connectivity index (χ3v) is 3.35. The molecule has 5 heteroatoms. The largest absolute Gasteiger partial charge is 0.456 e. The molecule has 1 aromatic carbocycles. The zero-order chi connectivity index (χ0) is 16.3. The maximum Gasteiger partial charge on any atom is 0.289 e. The van der Waals surface area contributed by atoms with Gasteiger partial charge >= 0.3 is 0 Å². The molecule has 0 unspecified atom stereocenters. The summed E-state index contributed by atoms with van der Waals surface area (Å²) in [7, 11) is 1.57. The second-order valence-electron chi connectivity index (χ2n) is 5.44. The topological polar surface area (TPSA) is 62.6 Å². The number of likely N-dealkylation sites (N-methyl/N-ethyl adjacent to an activating group) is 1. The smallest absolute Gasteiger partial charge is 0.289 e. The second-order valence-corrected chi connectivity index (χ2v) is 5.44. The lowest BCUT2D eigenvalue weighted by atomic mass is 10.1. The van der Waals surface area contributed by atoms with Crippen molar-refractivity contribution < 1.29 is 14.0 Å². The second kappa shape index (κ2) is 6.47. The van der Waals surface area contributed by atoms with Gasteiger partial charge < -0.3 is 14.6 Å². The SMILES string of the molecule is Cc1ccc(C)c(NC(=O)CN(C)C(=O)c2ccc(C)o2)c1. The van der Waals surface area contributed by atoms with E-state index in [1.807, 2.05) is 32.0 Å². The van der Waals surface area contributed by atoms with Gasteiger partial charge in [0.25, 0.3) is 5.91 Å². The average Bonchev–Trinajstić information content (AvgIpc) is 2.88. The minimum Gasteiger partial charge on any atom is -0.456 e. The van der Waals surface area contributed by atoms with Crippen molar-refractivity contribution in [3.63, 3.8) is 0 Å². The molecule has 0 saturated carbocycles. The average molecular weight is 300 g/mol. The van der Waals surface area contributed by atoms with E-state index in [0.717, 1.165) is 16.8 Å². The van der Waals surface area contributed by atoms with Crippen molar-refractivity contribution in [1.29, 1.82) is 0 Å². The Morgan fingerprint density at radius 2 is 1.86 bits per heavy atom. The van der Waals surface area contributed by atoms with Gasteiger partial charge in [-0.05, 0) is 50.1 Å². The highest BCUT2D eigenvalue weighted by molar-refractivity contribution is 5.98. The number of furan rings is 1. The molecule has 5 nitrogen and oxygen atoms in total. The van der Waals surface area contributed by atoms with E-state index in [2.05, 4.69) is 5.32 Å². The van der Waals surface area contributed by atoms with Gasteiger partial charge in [0.1, 0.15) is 5.76 Å². The summed E-state index contributed by atoms with van der Waals surface area (Å²) < 4.78 is 5.28. The lowest BCUT2D eigenvalue weighted by Crippen LogP contribution is -2.34. The summed E-state index contributed by atoms with van der Waals surface area (Å²) in [4.78, 5) is 25.5. The molecule has 1 N–H and O–H groups in total. The first kappa shape index (κ1) is 15.8. The molecule has 1 heterocycles. The first-order valence-electron chi connectivity index (χ1n) is 7.06. The van der Waals surface area contributed by atoms with Crippen LogP contribution in [0.25, 0.3) is 0 Å². The van der Waals surface area contributed by atoms with Crippen molar-refractivity contribution >= 4 is 17.5 Å². The monoisotopic (exact) mass is 300 g/mol. The predicted octanol–water partition coefficient (Wildman–Crippen LogP) is 2.92. The summed E-state index contributed by atoms with van der Waals surface area (Å²) in [6, 6.07) is 9.17. The molecule has 0 aliphatic rings. The molecule has 0 spiro atoms. The molecule has 22 heavy (non-hydrogen) atoms. The molecule has 2 amide bonds. The fourth-order valence-electron chi connectivity index (χ4n) is 2.09. The Labute approximate surface area is 129 Å². The first-order valence-corrected chi connectivity index (χ1v) is 7.06. The van der Waals surface area contributed by atoms with Crippen LogP contribution in [0, 0.1) is 20.8 Å². The van der Waals surface area contributed by atoms with E-state index in [1.165, 1.54) is 4.90 Å². The summed E-state index contributed by atoms with van der Waals surface area (Å²) >= 11 is 0. The number of carbonyl (C=O) groups is 2. The van der Waals surface area contributed by atoms with Crippen LogP contribution in [0.5, 0.6) is 0 Å². The lowest BCUT2D eigenvalue weighted by Gasteiger charge is -2.16. The Kier molecular flexibility index (Phi) is 4.65. The molecule has 1 aromatic heterocycles. The van der Waals surface area contributed by atoms with Gasteiger partial charge in [-0.3, -0.25) is 9.59 Å². The van der Waals surface area contributed by atoms with Gasteiger partial charge in [-0.25, -0.2) is 0 Å². The van der Waals surface area contributed by atoms with E-state index in [9.17, 15) is 9.59 Å². The van der Waals surface area contributed by atoms with Gasteiger partial charge in [0.2, 0.25) is 5.91 Å². The fourth-order valence-corrected chi connectivity index (χ4v) is 2.09. The van der Waals surface area contributed by atoms with Gasteiger partial charge in [-0.1, -0.05) is 12.1 Å². The number of benzene rings is 1. The summed E-state index contributed by atoms with van der Waals surface area (Å²) in [6.45, 7) is 5.62. The molecule has 0 fully saturated rings. The summed E-state index contributed by atoms with van der Waals surface area (Å²) in [5.41, 5.74) is 2.81. The van der Waals surface area contributed by atoms with E-state index in [4.69, 9.17) is 4.42 Å². The van der Waals surface area contributed by atoms with Crippen LogP contribution in [-0.4, -0.2) is 30.3 Å². The van der Waals surface area contributed by atoms with Crippen LogP contribution < -0.4 is 5.32 Å². The Hall–Kier alpha value is -2.56. The maximum atomic E-state index is 12.1. The fraction of sp³-hybridized carbons (Fsp3) is 0.294. The third kappa shape index (κ3) is 3.75. The van der Waals surface area contributed by atoms with Crippen LogP contribution in [0.1, 0.15) is 27.4 Å². The highest BCUT2D eigenvalue weighted by Gasteiger charge is 2.18. The van der Waals surface area contributed by atoms with Crippen LogP contribution in [0.3, 0.4) is 0 Å². The van der Waals surface area contributed by atoms with Gasteiger partial charge in [0.05, 0.1) is 6.54 Å². The zero-order valence-electron chi connectivity index (χ0n) is 13.3. The van der Waals surface area contributed by atoms with Crippen LogP contribution in [0.4, 0.5) is 5.69 Å². The third-order valence-electron chi connectivity index (χ3n) is 3.35. The van der Waals surface area contributed by atoms with Crippen molar-refractivity contribution in [2.75, 3.05) is 18.9 Å². The molecule has 0 atom stereocenters. The normalized spacial score (nSPS) is 10.4. The van der Waals surface area contributed by atoms with E-state index in [-0.39, 0.29) is 24.1 Å². The van der Waals surface area contributed by atoms with Gasteiger partial charge in [-0.2, -0.15) is 0 Å². The first-order chi connectivity index (χ1) is 10.4. The Bertz CT molecular complexity index is 704.